The number of anilines is 1. The molecule has 1 N–H and O–H groups in total. The molecule has 1 aromatic heterocycles. The van der Waals surface area contributed by atoms with E-state index in [-0.39, 0.29) is 6.04 Å². The summed E-state index contributed by atoms with van der Waals surface area (Å²) in [4.78, 5) is 4.16. The summed E-state index contributed by atoms with van der Waals surface area (Å²) in [7, 11) is 0. The van der Waals surface area contributed by atoms with Crippen molar-refractivity contribution in [1.29, 1.82) is 5.26 Å². The van der Waals surface area contributed by atoms with Gasteiger partial charge in [-0.2, -0.15) is 5.26 Å². The molecule has 0 saturated heterocycles. The summed E-state index contributed by atoms with van der Waals surface area (Å²) >= 11 is 12.0. The summed E-state index contributed by atoms with van der Waals surface area (Å²) in [5.74, 6) is 0.545. The first-order valence-corrected chi connectivity index (χ1v) is 6.44. The minimum Gasteiger partial charge on any atom is -0.362 e. The monoisotopic (exact) mass is 291 g/mol. The maximum absolute atomic E-state index is 9.02. The SMILES string of the molecule is CC(Nc1ncccc1C#N)c1ccc(Cl)cc1Cl. The lowest BCUT2D eigenvalue weighted by atomic mass is 10.1. The van der Waals surface area contributed by atoms with Gasteiger partial charge in [0.25, 0.3) is 0 Å². The molecule has 0 aliphatic rings. The second kappa shape index (κ2) is 5.92. The van der Waals surface area contributed by atoms with Gasteiger partial charge in [-0.1, -0.05) is 29.3 Å². The Morgan fingerprint density at radius 2 is 2.11 bits per heavy atom. The van der Waals surface area contributed by atoms with Crippen molar-refractivity contribution in [3.63, 3.8) is 0 Å². The van der Waals surface area contributed by atoms with Crippen LogP contribution in [0, 0.1) is 11.3 Å². The minimum absolute atomic E-state index is 0.0771. The Morgan fingerprint density at radius 1 is 1.32 bits per heavy atom. The smallest absolute Gasteiger partial charge is 0.144 e. The van der Waals surface area contributed by atoms with E-state index in [4.69, 9.17) is 28.5 Å². The molecule has 0 aliphatic heterocycles. The molecule has 19 heavy (non-hydrogen) atoms. The zero-order valence-electron chi connectivity index (χ0n) is 10.2. The molecule has 96 valence electrons. The van der Waals surface area contributed by atoms with E-state index in [1.165, 1.54) is 0 Å². The van der Waals surface area contributed by atoms with Gasteiger partial charge in [0, 0.05) is 16.2 Å². The predicted molar refractivity (Wildman–Crippen MR) is 77.5 cm³/mol. The fourth-order valence-electron chi connectivity index (χ4n) is 1.75. The number of hydrogen-bond donors (Lipinski definition) is 1. The quantitative estimate of drug-likeness (QED) is 0.910. The van der Waals surface area contributed by atoms with Crippen LogP contribution in [-0.2, 0) is 0 Å². The maximum Gasteiger partial charge on any atom is 0.144 e. The molecule has 0 saturated carbocycles. The lowest BCUT2D eigenvalue weighted by Crippen LogP contribution is -2.09. The number of halogens is 2. The molecule has 2 aromatic rings. The van der Waals surface area contributed by atoms with Crippen molar-refractivity contribution in [2.24, 2.45) is 0 Å². The van der Waals surface area contributed by atoms with Gasteiger partial charge in [-0.05, 0) is 36.8 Å². The number of nitrogens with zero attached hydrogens (tertiary/aromatic N) is 2. The molecule has 0 radical (unpaired) electrons. The summed E-state index contributed by atoms with van der Waals surface area (Å²) in [5, 5.41) is 13.4. The number of benzene rings is 1. The van der Waals surface area contributed by atoms with Crippen LogP contribution >= 0.6 is 23.2 Å². The number of nitrogens with one attached hydrogen (secondary N) is 1. The van der Waals surface area contributed by atoms with Crippen molar-refractivity contribution in [2.45, 2.75) is 13.0 Å². The first-order chi connectivity index (χ1) is 9.11. The molecule has 1 aromatic carbocycles. The molecule has 2 rings (SSSR count). The summed E-state index contributed by atoms with van der Waals surface area (Å²) in [6.45, 7) is 1.95. The summed E-state index contributed by atoms with van der Waals surface area (Å²) in [6, 6.07) is 10.8. The molecule has 0 bridgehead atoms. The van der Waals surface area contributed by atoms with Crippen LogP contribution < -0.4 is 5.32 Å². The molecule has 5 heteroatoms. The molecule has 0 fully saturated rings. The third-order valence-electron chi connectivity index (χ3n) is 2.71. The van der Waals surface area contributed by atoms with Crippen LogP contribution in [0.4, 0.5) is 5.82 Å². The van der Waals surface area contributed by atoms with Gasteiger partial charge in [0.15, 0.2) is 0 Å². The molecule has 1 atom stereocenters. The highest BCUT2D eigenvalue weighted by Gasteiger charge is 2.12. The standard InChI is InChI=1S/C14H11Cl2N3/c1-9(12-5-4-11(15)7-13(12)16)19-14-10(8-17)3-2-6-18-14/h2-7,9H,1H3,(H,18,19). The van der Waals surface area contributed by atoms with Gasteiger partial charge in [0.1, 0.15) is 11.9 Å². The van der Waals surface area contributed by atoms with Gasteiger partial charge >= 0.3 is 0 Å². The Hall–Kier alpha value is -1.76. The van der Waals surface area contributed by atoms with Crippen LogP contribution in [0.25, 0.3) is 0 Å². The van der Waals surface area contributed by atoms with Crippen LogP contribution in [0.15, 0.2) is 36.5 Å². The van der Waals surface area contributed by atoms with Gasteiger partial charge in [-0.15, -0.1) is 0 Å². The van der Waals surface area contributed by atoms with Crippen molar-refractivity contribution in [1.82, 2.24) is 4.98 Å². The number of pyridine rings is 1. The average Bonchev–Trinajstić information content (AvgIpc) is 2.39. The summed E-state index contributed by atoms with van der Waals surface area (Å²) in [5.41, 5.74) is 1.40. The molecule has 0 aliphatic carbocycles. The van der Waals surface area contributed by atoms with Gasteiger partial charge in [0.2, 0.25) is 0 Å². The number of aromatic nitrogens is 1. The second-order valence-electron chi connectivity index (χ2n) is 4.04. The molecular formula is C14H11Cl2N3. The first kappa shape index (κ1) is 13.7. The minimum atomic E-state index is -0.0771. The number of rotatable bonds is 3. The molecule has 1 unspecified atom stereocenters. The van der Waals surface area contributed by atoms with Gasteiger partial charge < -0.3 is 5.32 Å². The van der Waals surface area contributed by atoms with Gasteiger partial charge in [0.05, 0.1) is 11.6 Å². The Bertz CT molecular complexity index is 635. The summed E-state index contributed by atoms with van der Waals surface area (Å²) < 4.78 is 0. The largest absolute Gasteiger partial charge is 0.362 e. The van der Waals surface area contributed by atoms with Crippen molar-refractivity contribution in [3.05, 3.63) is 57.7 Å². The molecule has 0 spiro atoms. The normalized spacial score (nSPS) is 11.7. The van der Waals surface area contributed by atoms with Crippen molar-refractivity contribution in [2.75, 3.05) is 5.32 Å². The highest BCUT2D eigenvalue weighted by Crippen LogP contribution is 2.28. The average molecular weight is 292 g/mol. The highest BCUT2D eigenvalue weighted by molar-refractivity contribution is 6.35. The highest BCUT2D eigenvalue weighted by atomic mass is 35.5. The molecule has 0 amide bonds. The Morgan fingerprint density at radius 3 is 2.79 bits per heavy atom. The van der Waals surface area contributed by atoms with Crippen LogP contribution in [0.2, 0.25) is 10.0 Å². The predicted octanol–water partition coefficient (Wildman–Crippen LogP) is 4.43. The van der Waals surface area contributed by atoms with Gasteiger partial charge in [-0.3, -0.25) is 0 Å². The second-order valence-corrected chi connectivity index (χ2v) is 4.89. The van der Waals surface area contributed by atoms with E-state index in [2.05, 4.69) is 16.4 Å². The lowest BCUT2D eigenvalue weighted by Gasteiger charge is -2.17. The van der Waals surface area contributed by atoms with Crippen molar-refractivity contribution < 1.29 is 0 Å². The van der Waals surface area contributed by atoms with Gasteiger partial charge in [-0.25, -0.2) is 4.98 Å². The number of hydrogen-bond acceptors (Lipinski definition) is 3. The van der Waals surface area contributed by atoms with E-state index in [1.807, 2.05) is 13.0 Å². The van der Waals surface area contributed by atoms with E-state index in [0.717, 1.165) is 5.56 Å². The molecular weight excluding hydrogens is 281 g/mol. The topological polar surface area (TPSA) is 48.7 Å². The van der Waals surface area contributed by atoms with Crippen LogP contribution in [0.1, 0.15) is 24.1 Å². The van der Waals surface area contributed by atoms with E-state index in [1.54, 1.807) is 30.5 Å². The third-order valence-corrected chi connectivity index (χ3v) is 3.27. The van der Waals surface area contributed by atoms with Crippen LogP contribution in [0.5, 0.6) is 0 Å². The molecule has 1 heterocycles. The molecule has 3 nitrogen and oxygen atoms in total. The number of nitriles is 1. The summed E-state index contributed by atoms with van der Waals surface area (Å²) in [6.07, 6.45) is 1.64. The van der Waals surface area contributed by atoms with Crippen molar-refractivity contribution in [3.8, 4) is 6.07 Å². The third kappa shape index (κ3) is 3.17. The van der Waals surface area contributed by atoms with Crippen LogP contribution in [-0.4, -0.2) is 4.98 Å². The van der Waals surface area contributed by atoms with E-state index in [9.17, 15) is 0 Å². The zero-order chi connectivity index (χ0) is 13.8. The lowest BCUT2D eigenvalue weighted by molar-refractivity contribution is 0.874. The fraction of sp³-hybridized carbons (Fsp3) is 0.143. The fourth-order valence-corrected chi connectivity index (χ4v) is 2.32. The Labute approximate surface area is 121 Å². The zero-order valence-corrected chi connectivity index (χ0v) is 11.7. The van der Waals surface area contributed by atoms with Crippen molar-refractivity contribution >= 4 is 29.0 Å². The van der Waals surface area contributed by atoms with E-state index in [0.29, 0.717) is 21.4 Å². The Balaban J connectivity index is 2.26. The maximum atomic E-state index is 9.02. The first-order valence-electron chi connectivity index (χ1n) is 5.68. The van der Waals surface area contributed by atoms with E-state index < -0.39 is 0 Å². The Kier molecular flexibility index (Phi) is 4.26. The van der Waals surface area contributed by atoms with Crippen LogP contribution in [0.3, 0.4) is 0 Å². The van der Waals surface area contributed by atoms with E-state index >= 15 is 0 Å².